The molecule has 1 aromatic carbocycles. The lowest BCUT2D eigenvalue weighted by atomic mass is 10.1. The average Bonchev–Trinajstić information content (AvgIpc) is 2.38. The first-order valence-electron chi connectivity index (χ1n) is 5.43. The summed E-state index contributed by atoms with van der Waals surface area (Å²) in [5.41, 5.74) is 1.40. The summed E-state index contributed by atoms with van der Waals surface area (Å²) < 4.78 is 0. The van der Waals surface area contributed by atoms with Gasteiger partial charge in [-0.15, -0.1) is 12.3 Å². The number of nitro benzene ring substituents is 1. The molecule has 0 fully saturated rings. The Balaban J connectivity index is 2.48. The second-order valence-corrected chi connectivity index (χ2v) is 3.67. The molecule has 0 saturated carbocycles. The molecule has 0 unspecified atom stereocenters. The fraction of sp³-hybridized carbons (Fsp3) is 0.154. The topological polar surface area (TPSA) is 68.1 Å². The van der Waals surface area contributed by atoms with Gasteiger partial charge in [0.1, 0.15) is 5.52 Å². The number of nitro groups is 1. The van der Waals surface area contributed by atoms with Crippen LogP contribution >= 0.6 is 0 Å². The highest BCUT2D eigenvalue weighted by atomic mass is 16.6. The first-order chi connectivity index (χ1) is 8.74. The molecule has 0 amide bonds. The number of hydrogen-bond donors (Lipinski definition) is 1. The highest BCUT2D eigenvalue weighted by Crippen LogP contribution is 2.29. The van der Waals surface area contributed by atoms with E-state index in [1.54, 1.807) is 24.4 Å². The summed E-state index contributed by atoms with van der Waals surface area (Å²) in [4.78, 5) is 14.7. The third kappa shape index (κ3) is 2.23. The van der Waals surface area contributed by atoms with E-state index in [1.807, 2.05) is 0 Å². The van der Waals surface area contributed by atoms with E-state index in [2.05, 4.69) is 16.2 Å². The van der Waals surface area contributed by atoms with Gasteiger partial charge in [0.25, 0.3) is 5.69 Å². The van der Waals surface area contributed by atoms with Crippen LogP contribution in [-0.4, -0.2) is 16.5 Å². The zero-order chi connectivity index (χ0) is 13.0. The van der Waals surface area contributed by atoms with Gasteiger partial charge in [-0.05, 0) is 18.2 Å². The van der Waals surface area contributed by atoms with Crippen molar-refractivity contribution in [2.75, 3.05) is 11.9 Å². The first kappa shape index (κ1) is 11.9. The van der Waals surface area contributed by atoms with Crippen LogP contribution in [0.3, 0.4) is 0 Å². The van der Waals surface area contributed by atoms with Gasteiger partial charge in [-0.3, -0.25) is 15.1 Å². The molecule has 0 bridgehead atoms. The fourth-order valence-corrected chi connectivity index (χ4v) is 1.73. The van der Waals surface area contributed by atoms with Crippen molar-refractivity contribution < 1.29 is 4.92 Å². The van der Waals surface area contributed by atoms with Gasteiger partial charge in [0, 0.05) is 25.2 Å². The van der Waals surface area contributed by atoms with Crippen LogP contribution in [-0.2, 0) is 0 Å². The maximum Gasteiger partial charge on any atom is 0.278 e. The third-order valence-electron chi connectivity index (χ3n) is 2.53. The number of anilines is 1. The molecular formula is C13H11N3O2. The van der Waals surface area contributed by atoms with Crippen LogP contribution in [0.1, 0.15) is 6.42 Å². The molecule has 0 spiro atoms. The lowest BCUT2D eigenvalue weighted by Crippen LogP contribution is -2.02. The van der Waals surface area contributed by atoms with Gasteiger partial charge in [-0.1, -0.05) is 0 Å². The number of non-ortho nitro benzene ring substituents is 1. The number of fused-ring (bicyclic) bond motifs is 1. The smallest absolute Gasteiger partial charge is 0.278 e. The van der Waals surface area contributed by atoms with Crippen molar-refractivity contribution >= 4 is 22.3 Å². The Bertz CT molecular complexity index is 632. The summed E-state index contributed by atoms with van der Waals surface area (Å²) in [5.74, 6) is 2.52. The van der Waals surface area contributed by atoms with Crippen molar-refractivity contribution in [3.8, 4) is 12.3 Å². The summed E-state index contributed by atoms with van der Waals surface area (Å²) in [6, 6.07) is 6.50. The predicted octanol–water partition coefficient (Wildman–Crippen LogP) is 2.58. The molecule has 5 nitrogen and oxygen atoms in total. The molecule has 0 radical (unpaired) electrons. The van der Waals surface area contributed by atoms with Crippen LogP contribution in [0.2, 0.25) is 0 Å². The van der Waals surface area contributed by atoms with Gasteiger partial charge in [-0.2, -0.15) is 0 Å². The van der Waals surface area contributed by atoms with Crippen LogP contribution < -0.4 is 5.32 Å². The SMILES string of the molecule is C#CCCNc1ccc([N+](=O)[O-])c2cccnc12. The van der Waals surface area contributed by atoms with Crippen LogP contribution in [0, 0.1) is 22.5 Å². The Morgan fingerprint density at radius 2 is 2.28 bits per heavy atom. The van der Waals surface area contributed by atoms with E-state index < -0.39 is 4.92 Å². The van der Waals surface area contributed by atoms with Gasteiger partial charge in [-0.25, -0.2) is 0 Å². The predicted molar refractivity (Wildman–Crippen MR) is 70.3 cm³/mol. The summed E-state index contributed by atoms with van der Waals surface area (Å²) in [7, 11) is 0. The minimum absolute atomic E-state index is 0.0561. The van der Waals surface area contributed by atoms with Gasteiger partial charge < -0.3 is 5.32 Å². The first-order valence-corrected chi connectivity index (χ1v) is 5.43. The molecule has 0 aliphatic carbocycles. The van der Waals surface area contributed by atoms with Gasteiger partial charge >= 0.3 is 0 Å². The zero-order valence-corrected chi connectivity index (χ0v) is 9.59. The Labute approximate surface area is 104 Å². The number of nitrogens with zero attached hydrogens (tertiary/aromatic N) is 2. The largest absolute Gasteiger partial charge is 0.382 e. The highest BCUT2D eigenvalue weighted by Gasteiger charge is 2.14. The van der Waals surface area contributed by atoms with Crippen molar-refractivity contribution in [2.24, 2.45) is 0 Å². The van der Waals surface area contributed by atoms with Crippen LogP contribution in [0.5, 0.6) is 0 Å². The average molecular weight is 241 g/mol. The lowest BCUT2D eigenvalue weighted by Gasteiger charge is -2.07. The van der Waals surface area contributed by atoms with Crippen LogP contribution in [0.15, 0.2) is 30.5 Å². The molecule has 0 atom stereocenters. The molecule has 1 aromatic heterocycles. The Morgan fingerprint density at radius 1 is 1.44 bits per heavy atom. The number of aromatic nitrogens is 1. The van der Waals surface area contributed by atoms with Crippen LogP contribution in [0.4, 0.5) is 11.4 Å². The van der Waals surface area contributed by atoms with E-state index >= 15 is 0 Å². The summed E-state index contributed by atoms with van der Waals surface area (Å²) >= 11 is 0. The molecular weight excluding hydrogens is 230 g/mol. The van der Waals surface area contributed by atoms with Gasteiger partial charge in [0.05, 0.1) is 16.0 Å². The number of nitrogens with one attached hydrogen (secondary N) is 1. The second kappa shape index (κ2) is 5.15. The van der Waals surface area contributed by atoms with E-state index in [-0.39, 0.29) is 5.69 Å². The van der Waals surface area contributed by atoms with E-state index in [0.717, 1.165) is 5.69 Å². The van der Waals surface area contributed by atoms with E-state index in [9.17, 15) is 10.1 Å². The quantitative estimate of drug-likeness (QED) is 0.386. The van der Waals surface area contributed by atoms with Crippen molar-refractivity contribution in [3.63, 3.8) is 0 Å². The van der Waals surface area contributed by atoms with Gasteiger partial charge in [0.2, 0.25) is 0 Å². The molecule has 18 heavy (non-hydrogen) atoms. The van der Waals surface area contributed by atoms with Crippen LogP contribution in [0.25, 0.3) is 10.9 Å². The normalized spacial score (nSPS) is 9.94. The Morgan fingerprint density at radius 3 is 3.00 bits per heavy atom. The molecule has 2 aromatic rings. The standard InChI is InChI=1S/C13H11N3O2/c1-2-3-8-14-11-6-7-12(16(17)18)10-5-4-9-15-13(10)11/h1,4-7,9,14H,3,8H2. The molecule has 5 heteroatoms. The van der Waals surface area contributed by atoms with Crippen molar-refractivity contribution in [3.05, 3.63) is 40.6 Å². The monoisotopic (exact) mass is 241 g/mol. The van der Waals surface area contributed by atoms with E-state index in [0.29, 0.717) is 23.9 Å². The number of rotatable bonds is 4. The Kier molecular flexibility index (Phi) is 3.39. The van der Waals surface area contributed by atoms with E-state index in [1.165, 1.54) is 6.07 Å². The number of benzene rings is 1. The molecule has 90 valence electrons. The maximum atomic E-state index is 10.9. The minimum Gasteiger partial charge on any atom is -0.382 e. The molecule has 2 rings (SSSR count). The molecule has 0 aliphatic heterocycles. The third-order valence-corrected chi connectivity index (χ3v) is 2.53. The zero-order valence-electron chi connectivity index (χ0n) is 9.59. The highest BCUT2D eigenvalue weighted by molar-refractivity contribution is 5.96. The second-order valence-electron chi connectivity index (χ2n) is 3.67. The Hall–Kier alpha value is -2.61. The molecule has 0 saturated heterocycles. The summed E-state index contributed by atoms with van der Waals surface area (Å²) in [6.45, 7) is 0.611. The summed E-state index contributed by atoms with van der Waals surface area (Å²) in [6.07, 6.45) is 7.37. The van der Waals surface area contributed by atoms with Crippen molar-refractivity contribution in [2.45, 2.75) is 6.42 Å². The fourth-order valence-electron chi connectivity index (χ4n) is 1.73. The maximum absolute atomic E-state index is 10.9. The van der Waals surface area contributed by atoms with Gasteiger partial charge in [0.15, 0.2) is 0 Å². The number of hydrogen-bond acceptors (Lipinski definition) is 4. The molecule has 0 aliphatic rings. The summed E-state index contributed by atoms with van der Waals surface area (Å²) in [5, 5.41) is 14.6. The van der Waals surface area contributed by atoms with Crippen molar-refractivity contribution in [1.29, 1.82) is 0 Å². The molecule has 1 heterocycles. The molecule has 1 N–H and O–H groups in total. The number of terminal acetylenes is 1. The lowest BCUT2D eigenvalue weighted by molar-refractivity contribution is -0.383. The minimum atomic E-state index is -0.408. The van der Waals surface area contributed by atoms with Crippen molar-refractivity contribution in [1.82, 2.24) is 4.98 Å². The number of pyridine rings is 1. The van der Waals surface area contributed by atoms with E-state index in [4.69, 9.17) is 6.42 Å².